The van der Waals surface area contributed by atoms with Crippen LogP contribution in [0.1, 0.15) is 6.92 Å². The number of benzene rings is 1. The van der Waals surface area contributed by atoms with Crippen LogP contribution in [0.4, 0.5) is 10.1 Å². The number of halogens is 1. The van der Waals surface area contributed by atoms with Gasteiger partial charge in [0.05, 0.1) is 10.6 Å². The number of nitrogens with one attached hydrogen (secondary N) is 1. The molecule has 0 aliphatic carbocycles. The molecule has 0 heterocycles. The van der Waals surface area contributed by atoms with Gasteiger partial charge >= 0.3 is 0 Å². The Morgan fingerprint density at radius 3 is 2.56 bits per heavy atom. The van der Waals surface area contributed by atoms with Crippen molar-refractivity contribution in [1.29, 1.82) is 0 Å². The zero-order valence-electron chi connectivity index (χ0n) is 10.6. The minimum Gasteiger partial charge on any atom is -0.396 e. The molecule has 0 amide bonds. The first-order valence-electron chi connectivity index (χ1n) is 5.45. The first-order valence-corrected chi connectivity index (χ1v) is 6.93. The first kappa shape index (κ1) is 14.9. The predicted molar refractivity (Wildman–Crippen MR) is 69.1 cm³/mol. The van der Waals surface area contributed by atoms with Crippen molar-refractivity contribution in [3.8, 4) is 0 Å². The lowest BCUT2D eigenvalue weighted by Gasteiger charge is -2.20. The van der Waals surface area contributed by atoms with E-state index < -0.39 is 15.8 Å². The molecule has 7 heteroatoms. The molecule has 0 aromatic heterocycles. The van der Waals surface area contributed by atoms with E-state index in [1.165, 1.54) is 6.07 Å². The fourth-order valence-corrected chi connectivity index (χ4v) is 2.34. The number of hydrogen-bond acceptors (Lipinski definition) is 4. The summed E-state index contributed by atoms with van der Waals surface area (Å²) < 4.78 is 39.2. The maximum Gasteiger partial charge on any atom is 0.240 e. The van der Waals surface area contributed by atoms with Crippen molar-refractivity contribution in [3.63, 3.8) is 0 Å². The van der Waals surface area contributed by atoms with Gasteiger partial charge in [0.1, 0.15) is 5.82 Å². The molecule has 0 spiro atoms. The number of nitrogens with two attached hydrogens (primary N) is 1. The van der Waals surface area contributed by atoms with Crippen LogP contribution < -0.4 is 10.5 Å². The molecule has 0 saturated heterocycles. The van der Waals surface area contributed by atoms with Crippen LogP contribution in [0.5, 0.6) is 0 Å². The third kappa shape index (κ3) is 3.66. The number of likely N-dealkylation sites (N-methyl/N-ethyl adjacent to an activating group) is 1. The Kier molecular flexibility index (Phi) is 4.66. The van der Waals surface area contributed by atoms with Crippen molar-refractivity contribution >= 4 is 15.7 Å². The van der Waals surface area contributed by atoms with Gasteiger partial charge in [0.15, 0.2) is 0 Å². The number of hydrogen-bond donors (Lipinski definition) is 2. The van der Waals surface area contributed by atoms with Crippen molar-refractivity contribution in [2.75, 3.05) is 26.4 Å². The van der Waals surface area contributed by atoms with E-state index in [1.807, 2.05) is 25.9 Å². The molecular weight excluding hydrogens is 257 g/mol. The van der Waals surface area contributed by atoms with Crippen LogP contribution in [-0.2, 0) is 10.0 Å². The number of nitrogen functional groups attached to an aromatic ring is 1. The van der Waals surface area contributed by atoms with Gasteiger partial charge in [0.25, 0.3) is 0 Å². The molecule has 0 aliphatic rings. The Hall–Kier alpha value is -1.18. The highest BCUT2D eigenvalue weighted by Crippen LogP contribution is 2.16. The molecular formula is C11H18FN3O2S. The highest BCUT2D eigenvalue weighted by atomic mass is 32.2. The summed E-state index contributed by atoms with van der Waals surface area (Å²) in [4.78, 5) is 1.86. The highest BCUT2D eigenvalue weighted by molar-refractivity contribution is 7.89. The van der Waals surface area contributed by atoms with Crippen LogP contribution in [-0.4, -0.2) is 40.0 Å². The summed E-state index contributed by atoms with van der Waals surface area (Å²) in [6.07, 6.45) is 0. The Morgan fingerprint density at radius 1 is 1.44 bits per heavy atom. The minimum absolute atomic E-state index is 0.0349. The van der Waals surface area contributed by atoms with Crippen LogP contribution in [0, 0.1) is 5.82 Å². The van der Waals surface area contributed by atoms with Crippen molar-refractivity contribution in [1.82, 2.24) is 9.62 Å². The lowest BCUT2D eigenvalue weighted by molar-refractivity contribution is 0.314. The van der Waals surface area contributed by atoms with Crippen molar-refractivity contribution in [2.45, 2.75) is 17.9 Å². The molecule has 5 nitrogen and oxygen atoms in total. The molecule has 0 saturated carbocycles. The summed E-state index contributed by atoms with van der Waals surface area (Å²) in [7, 11) is 0.0605. The van der Waals surface area contributed by atoms with E-state index in [9.17, 15) is 12.8 Å². The second-order valence-corrected chi connectivity index (χ2v) is 6.11. The molecule has 0 radical (unpaired) electrons. The van der Waals surface area contributed by atoms with Crippen LogP contribution >= 0.6 is 0 Å². The van der Waals surface area contributed by atoms with Crippen LogP contribution in [0.25, 0.3) is 0 Å². The summed E-state index contributed by atoms with van der Waals surface area (Å²) in [5.74, 6) is -0.629. The summed E-state index contributed by atoms with van der Waals surface area (Å²) >= 11 is 0. The molecule has 0 fully saturated rings. The second-order valence-electron chi connectivity index (χ2n) is 4.35. The fourth-order valence-electron chi connectivity index (χ4n) is 1.19. The standard InChI is InChI=1S/C11H18FN3O2S/c1-8(15(2)3)7-14-18(16,17)9-4-5-10(12)11(13)6-9/h4-6,8,14H,7,13H2,1-3H3. The van der Waals surface area contributed by atoms with Gasteiger partial charge in [0.2, 0.25) is 10.0 Å². The van der Waals surface area contributed by atoms with Crippen molar-refractivity contribution < 1.29 is 12.8 Å². The summed E-state index contributed by atoms with van der Waals surface area (Å²) in [5, 5.41) is 0. The molecule has 1 unspecified atom stereocenters. The zero-order valence-corrected chi connectivity index (χ0v) is 11.5. The third-order valence-corrected chi connectivity index (χ3v) is 4.15. The predicted octanol–water partition coefficient (Wildman–Crippen LogP) is 0.636. The number of anilines is 1. The van der Waals surface area contributed by atoms with E-state index in [2.05, 4.69) is 4.72 Å². The molecule has 0 aliphatic heterocycles. The van der Waals surface area contributed by atoms with Gasteiger partial charge in [-0.3, -0.25) is 0 Å². The molecule has 102 valence electrons. The Balaban J connectivity index is 2.83. The maximum atomic E-state index is 13.0. The van der Waals surface area contributed by atoms with E-state index in [-0.39, 0.29) is 23.2 Å². The average Bonchev–Trinajstić information content (AvgIpc) is 2.29. The topological polar surface area (TPSA) is 75.4 Å². The van der Waals surface area contributed by atoms with E-state index in [4.69, 9.17) is 5.73 Å². The SMILES string of the molecule is CC(CNS(=O)(=O)c1ccc(F)c(N)c1)N(C)C. The Morgan fingerprint density at radius 2 is 2.06 bits per heavy atom. The van der Waals surface area contributed by atoms with Crippen molar-refractivity contribution in [3.05, 3.63) is 24.0 Å². The van der Waals surface area contributed by atoms with Crippen LogP contribution in [0.15, 0.2) is 23.1 Å². The smallest absolute Gasteiger partial charge is 0.240 e. The molecule has 1 rings (SSSR count). The second kappa shape index (κ2) is 5.64. The molecule has 3 N–H and O–H groups in total. The van der Waals surface area contributed by atoms with Gasteiger partial charge in [-0.15, -0.1) is 0 Å². The molecule has 1 aromatic carbocycles. The van der Waals surface area contributed by atoms with Gasteiger partial charge in [-0.05, 0) is 39.2 Å². The molecule has 1 aromatic rings. The number of rotatable bonds is 5. The van der Waals surface area contributed by atoms with Crippen LogP contribution in [0.3, 0.4) is 0 Å². The maximum absolute atomic E-state index is 13.0. The fraction of sp³-hybridized carbons (Fsp3) is 0.455. The number of nitrogens with zero attached hydrogens (tertiary/aromatic N) is 1. The summed E-state index contributed by atoms with van der Waals surface area (Å²) in [6.45, 7) is 2.16. The van der Waals surface area contributed by atoms with Gasteiger partial charge < -0.3 is 10.6 Å². The zero-order chi connectivity index (χ0) is 13.9. The van der Waals surface area contributed by atoms with E-state index >= 15 is 0 Å². The highest BCUT2D eigenvalue weighted by Gasteiger charge is 2.17. The summed E-state index contributed by atoms with van der Waals surface area (Å²) in [5.41, 5.74) is 5.16. The first-order chi connectivity index (χ1) is 8.24. The molecule has 0 bridgehead atoms. The normalized spacial score (nSPS) is 13.8. The lowest BCUT2D eigenvalue weighted by Crippen LogP contribution is -2.38. The monoisotopic (exact) mass is 275 g/mol. The van der Waals surface area contributed by atoms with E-state index in [0.717, 1.165) is 12.1 Å². The van der Waals surface area contributed by atoms with Gasteiger partial charge in [-0.25, -0.2) is 17.5 Å². The van der Waals surface area contributed by atoms with Gasteiger partial charge in [-0.2, -0.15) is 0 Å². The van der Waals surface area contributed by atoms with Crippen LogP contribution in [0.2, 0.25) is 0 Å². The van der Waals surface area contributed by atoms with Gasteiger partial charge in [-0.1, -0.05) is 0 Å². The minimum atomic E-state index is -3.65. The van der Waals surface area contributed by atoms with Gasteiger partial charge in [0, 0.05) is 12.6 Å². The third-order valence-electron chi connectivity index (χ3n) is 2.73. The average molecular weight is 275 g/mol. The number of sulfonamides is 1. The molecule has 18 heavy (non-hydrogen) atoms. The van der Waals surface area contributed by atoms with E-state index in [0.29, 0.717) is 0 Å². The molecule has 1 atom stereocenters. The largest absolute Gasteiger partial charge is 0.396 e. The lowest BCUT2D eigenvalue weighted by atomic mass is 10.3. The van der Waals surface area contributed by atoms with E-state index in [1.54, 1.807) is 0 Å². The Labute approximate surface area is 107 Å². The quantitative estimate of drug-likeness (QED) is 0.773. The Bertz CT molecular complexity index is 517. The van der Waals surface area contributed by atoms with Crippen molar-refractivity contribution in [2.24, 2.45) is 0 Å². The summed E-state index contributed by atoms with van der Waals surface area (Å²) in [6, 6.07) is 3.39.